The van der Waals surface area contributed by atoms with Crippen molar-refractivity contribution in [2.24, 2.45) is 0 Å². The zero-order chi connectivity index (χ0) is 17.1. The molecule has 126 valence electrons. The van der Waals surface area contributed by atoms with Gasteiger partial charge in [0, 0.05) is 18.4 Å². The molecule has 0 aliphatic heterocycles. The zero-order valence-electron chi connectivity index (χ0n) is 13.0. The van der Waals surface area contributed by atoms with Gasteiger partial charge in [0.2, 0.25) is 0 Å². The third-order valence-electron chi connectivity index (χ3n) is 3.51. The van der Waals surface area contributed by atoms with Gasteiger partial charge in [0.05, 0.1) is 5.69 Å². The minimum absolute atomic E-state index is 0.144. The first-order valence-corrected chi connectivity index (χ1v) is 8.45. The highest BCUT2D eigenvalue weighted by Gasteiger charge is 2.27. The van der Waals surface area contributed by atoms with Gasteiger partial charge in [-0.25, -0.2) is 9.59 Å². The Hall–Kier alpha value is -2.61. The monoisotopic (exact) mass is 347 g/mol. The topological polar surface area (TPSA) is 89.4 Å². The summed E-state index contributed by atoms with van der Waals surface area (Å²) in [5, 5.41) is 6.59. The Morgan fingerprint density at radius 2 is 2.00 bits per heavy atom. The Bertz CT molecular complexity index is 749. The van der Waals surface area contributed by atoms with Crippen LogP contribution in [0.5, 0.6) is 0 Å². The number of aromatic nitrogens is 1. The van der Waals surface area contributed by atoms with Crippen molar-refractivity contribution in [2.45, 2.75) is 31.9 Å². The van der Waals surface area contributed by atoms with E-state index < -0.39 is 24.0 Å². The van der Waals surface area contributed by atoms with E-state index in [1.165, 1.54) is 18.3 Å². The minimum Gasteiger partial charge on any atom is -0.448 e. The predicted molar refractivity (Wildman–Crippen MR) is 88.2 cm³/mol. The van der Waals surface area contributed by atoms with Crippen molar-refractivity contribution in [1.82, 2.24) is 15.2 Å². The third kappa shape index (κ3) is 3.83. The van der Waals surface area contributed by atoms with Crippen LogP contribution in [0.4, 0.5) is 4.79 Å². The van der Waals surface area contributed by atoms with Crippen LogP contribution in [0.15, 0.2) is 36.0 Å². The van der Waals surface area contributed by atoms with E-state index in [9.17, 15) is 14.4 Å². The maximum atomic E-state index is 12.3. The second-order valence-corrected chi connectivity index (χ2v) is 6.43. The minimum atomic E-state index is -1.07. The molecular weight excluding hydrogens is 330 g/mol. The SMILES string of the molecule is C[C@H](OC(=O)c1sccc1-n1cccc1)C(=O)NC(=O)NC1CC1. The highest BCUT2D eigenvalue weighted by molar-refractivity contribution is 7.12. The van der Waals surface area contributed by atoms with Gasteiger partial charge in [-0.05, 0) is 43.3 Å². The van der Waals surface area contributed by atoms with Gasteiger partial charge in [-0.3, -0.25) is 10.1 Å². The van der Waals surface area contributed by atoms with Crippen LogP contribution < -0.4 is 10.6 Å². The number of rotatable bonds is 5. The van der Waals surface area contributed by atoms with E-state index in [0.29, 0.717) is 10.6 Å². The lowest BCUT2D eigenvalue weighted by atomic mass is 10.3. The number of hydrogen-bond acceptors (Lipinski definition) is 5. The van der Waals surface area contributed by atoms with E-state index in [0.717, 1.165) is 12.8 Å². The normalized spacial score (nSPS) is 14.7. The van der Waals surface area contributed by atoms with E-state index in [4.69, 9.17) is 4.74 Å². The van der Waals surface area contributed by atoms with Crippen molar-refractivity contribution < 1.29 is 19.1 Å². The number of imide groups is 1. The summed E-state index contributed by atoms with van der Waals surface area (Å²) >= 11 is 1.23. The second kappa shape index (κ2) is 6.88. The van der Waals surface area contributed by atoms with Gasteiger partial charge in [-0.1, -0.05) is 0 Å². The molecule has 2 aromatic rings. The molecular formula is C16H17N3O4S. The summed E-state index contributed by atoms with van der Waals surface area (Å²) in [6.45, 7) is 1.43. The van der Waals surface area contributed by atoms with E-state index in [1.807, 2.05) is 24.5 Å². The second-order valence-electron chi connectivity index (χ2n) is 5.51. The van der Waals surface area contributed by atoms with Crippen LogP contribution in [0.3, 0.4) is 0 Å². The molecule has 2 heterocycles. The van der Waals surface area contributed by atoms with Crippen molar-refractivity contribution in [3.63, 3.8) is 0 Å². The zero-order valence-corrected chi connectivity index (χ0v) is 13.8. The predicted octanol–water partition coefficient (Wildman–Crippen LogP) is 2.07. The van der Waals surface area contributed by atoms with Crippen molar-refractivity contribution >= 4 is 29.2 Å². The molecule has 0 bridgehead atoms. The molecule has 7 nitrogen and oxygen atoms in total. The molecule has 2 aromatic heterocycles. The Labute approximate surface area is 142 Å². The van der Waals surface area contributed by atoms with Crippen molar-refractivity contribution in [1.29, 1.82) is 0 Å². The van der Waals surface area contributed by atoms with Crippen LogP contribution >= 0.6 is 11.3 Å². The number of esters is 1. The van der Waals surface area contributed by atoms with Crippen LogP contribution in [-0.2, 0) is 9.53 Å². The maximum Gasteiger partial charge on any atom is 0.351 e. The van der Waals surface area contributed by atoms with Gasteiger partial charge in [-0.15, -0.1) is 11.3 Å². The van der Waals surface area contributed by atoms with Gasteiger partial charge < -0.3 is 14.6 Å². The largest absolute Gasteiger partial charge is 0.448 e. The molecule has 0 spiro atoms. The van der Waals surface area contributed by atoms with Crippen LogP contribution in [0.2, 0.25) is 0 Å². The lowest BCUT2D eigenvalue weighted by Crippen LogP contribution is -2.45. The van der Waals surface area contributed by atoms with Crippen LogP contribution in [0, 0.1) is 0 Å². The van der Waals surface area contributed by atoms with Crippen molar-refractivity contribution in [3.05, 3.63) is 40.8 Å². The van der Waals surface area contributed by atoms with E-state index >= 15 is 0 Å². The van der Waals surface area contributed by atoms with Gasteiger partial charge in [0.1, 0.15) is 4.88 Å². The molecule has 1 atom stereocenters. The average molecular weight is 347 g/mol. The number of ether oxygens (including phenoxy) is 1. The van der Waals surface area contributed by atoms with Gasteiger partial charge in [-0.2, -0.15) is 0 Å². The van der Waals surface area contributed by atoms with Crippen LogP contribution in [-0.4, -0.2) is 34.6 Å². The summed E-state index contributed by atoms with van der Waals surface area (Å²) in [6.07, 6.45) is 4.41. The van der Waals surface area contributed by atoms with Crippen molar-refractivity contribution in [2.75, 3.05) is 0 Å². The highest BCUT2D eigenvalue weighted by Crippen LogP contribution is 2.23. The van der Waals surface area contributed by atoms with Crippen LogP contribution in [0.1, 0.15) is 29.4 Å². The summed E-state index contributed by atoms with van der Waals surface area (Å²) in [6, 6.07) is 5.08. The first kappa shape index (κ1) is 16.3. The average Bonchev–Trinajstić information content (AvgIpc) is 3.05. The van der Waals surface area contributed by atoms with Gasteiger partial charge in [0.15, 0.2) is 6.10 Å². The number of hydrogen-bond donors (Lipinski definition) is 2. The molecule has 3 amide bonds. The molecule has 1 aliphatic rings. The Morgan fingerprint density at radius 1 is 1.29 bits per heavy atom. The van der Waals surface area contributed by atoms with E-state index in [2.05, 4.69) is 10.6 Å². The standard InChI is InChI=1S/C16H17N3O4S/c1-10(14(20)18-16(22)17-11-4-5-11)23-15(21)13-12(6-9-24-13)19-7-2-3-8-19/h2-3,6-11H,4-5H2,1H3,(H2,17,18,20,22)/t10-/m0/s1. The number of carbonyl (C=O) groups excluding carboxylic acids is 3. The fourth-order valence-corrected chi connectivity index (χ4v) is 2.86. The quantitative estimate of drug-likeness (QED) is 0.810. The molecule has 0 radical (unpaired) electrons. The van der Waals surface area contributed by atoms with Gasteiger partial charge in [0.25, 0.3) is 5.91 Å². The Kier molecular flexibility index (Phi) is 4.66. The third-order valence-corrected chi connectivity index (χ3v) is 4.40. The highest BCUT2D eigenvalue weighted by atomic mass is 32.1. The molecule has 1 fully saturated rings. The Balaban J connectivity index is 1.59. The number of urea groups is 1. The summed E-state index contributed by atoms with van der Waals surface area (Å²) in [7, 11) is 0. The lowest BCUT2D eigenvalue weighted by molar-refractivity contribution is -0.127. The fraction of sp³-hybridized carbons (Fsp3) is 0.312. The van der Waals surface area contributed by atoms with Crippen molar-refractivity contribution in [3.8, 4) is 5.69 Å². The van der Waals surface area contributed by atoms with E-state index in [1.54, 1.807) is 16.0 Å². The Morgan fingerprint density at radius 3 is 2.67 bits per heavy atom. The maximum absolute atomic E-state index is 12.3. The smallest absolute Gasteiger partial charge is 0.351 e. The first-order chi connectivity index (χ1) is 11.5. The fourth-order valence-electron chi connectivity index (χ4n) is 2.08. The number of nitrogens with zero attached hydrogens (tertiary/aromatic N) is 1. The molecule has 2 N–H and O–H groups in total. The van der Waals surface area contributed by atoms with Gasteiger partial charge >= 0.3 is 12.0 Å². The molecule has 24 heavy (non-hydrogen) atoms. The number of thiophene rings is 1. The molecule has 0 saturated heterocycles. The first-order valence-electron chi connectivity index (χ1n) is 7.58. The molecule has 1 saturated carbocycles. The molecule has 0 aromatic carbocycles. The lowest BCUT2D eigenvalue weighted by Gasteiger charge is -2.13. The summed E-state index contributed by atoms with van der Waals surface area (Å²) in [4.78, 5) is 36.2. The number of amides is 3. The molecule has 0 unspecified atom stereocenters. The molecule has 8 heteroatoms. The molecule has 1 aliphatic carbocycles. The van der Waals surface area contributed by atoms with E-state index in [-0.39, 0.29) is 6.04 Å². The number of nitrogens with one attached hydrogen (secondary N) is 2. The summed E-state index contributed by atoms with van der Waals surface area (Å²) < 4.78 is 6.98. The summed E-state index contributed by atoms with van der Waals surface area (Å²) in [5.74, 6) is -1.25. The number of carbonyl (C=O) groups is 3. The summed E-state index contributed by atoms with van der Waals surface area (Å²) in [5.41, 5.74) is 0.689. The van der Waals surface area contributed by atoms with Crippen LogP contribution in [0.25, 0.3) is 5.69 Å². The molecule has 3 rings (SSSR count).